The lowest BCUT2D eigenvalue weighted by molar-refractivity contribution is 0.0556. The molecule has 5 heteroatoms. The molecule has 20 heavy (non-hydrogen) atoms. The molecule has 3 rings (SSSR count). The first-order valence-electron chi connectivity index (χ1n) is 7.76. The Hall–Kier alpha value is -1.36. The summed E-state index contributed by atoms with van der Waals surface area (Å²) in [5.41, 5.74) is 0. The SMILES string of the molecule is O=C(c1cnco1)N1CCCCC1CCN1CCCC1. The van der Waals surface area contributed by atoms with Crippen LogP contribution < -0.4 is 0 Å². The van der Waals surface area contributed by atoms with Crippen LogP contribution in [0.2, 0.25) is 0 Å². The number of piperidine rings is 1. The standard InChI is InChI=1S/C15H23N3O2/c19-15(14-11-16-12-20-14)18-9-2-1-5-13(18)6-10-17-7-3-4-8-17/h11-13H,1-10H2. The van der Waals surface area contributed by atoms with Crippen LogP contribution in [-0.2, 0) is 0 Å². The zero-order valence-electron chi connectivity index (χ0n) is 12.0. The molecule has 0 radical (unpaired) electrons. The Morgan fingerprint density at radius 2 is 2.05 bits per heavy atom. The van der Waals surface area contributed by atoms with Crippen molar-refractivity contribution in [3.8, 4) is 0 Å². The summed E-state index contributed by atoms with van der Waals surface area (Å²) >= 11 is 0. The van der Waals surface area contributed by atoms with Gasteiger partial charge in [-0.15, -0.1) is 0 Å². The normalized spacial score (nSPS) is 24.2. The predicted molar refractivity (Wildman–Crippen MR) is 75.5 cm³/mol. The number of hydrogen-bond donors (Lipinski definition) is 0. The Morgan fingerprint density at radius 1 is 1.25 bits per heavy atom. The Balaban J connectivity index is 1.59. The van der Waals surface area contributed by atoms with Gasteiger partial charge < -0.3 is 14.2 Å². The number of aromatic nitrogens is 1. The van der Waals surface area contributed by atoms with Crippen LogP contribution in [0.15, 0.2) is 17.0 Å². The number of hydrogen-bond acceptors (Lipinski definition) is 4. The molecule has 0 aromatic carbocycles. The highest BCUT2D eigenvalue weighted by molar-refractivity contribution is 5.91. The minimum atomic E-state index is 0.00798. The second-order valence-corrected chi connectivity index (χ2v) is 5.85. The number of likely N-dealkylation sites (tertiary alicyclic amines) is 2. The highest BCUT2D eigenvalue weighted by Crippen LogP contribution is 2.23. The third-order valence-corrected chi connectivity index (χ3v) is 4.51. The molecule has 1 unspecified atom stereocenters. The van der Waals surface area contributed by atoms with E-state index >= 15 is 0 Å². The highest BCUT2D eigenvalue weighted by atomic mass is 16.3. The van der Waals surface area contributed by atoms with E-state index < -0.39 is 0 Å². The maximum Gasteiger partial charge on any atom is 0.291 e. The van der Waals surface area contributed by atoms with Crippen molar-refractivity contribution < 1.29 is 9.21 Å². The summed E-state index contributed by atoms with van der Waals surface area (Å²) < 4.78 is 5.16. The van der Waals surface area contributed by atoms with Crippen molar-refractivity contribution in [2.24, 2.45) is 0 Å². The van der Waals surface area contributed by atoms with Crippen LogP contribution in [0.3, 0.4) is 0 Å². The fourth-order valence-electron chi connectivity index (χ4n) is 3.37. The van der Waals surface area contributed by atoms with E-state index in [0.717, 1.165) is 32.4 Å². The van der Waals surface area contributed by atoms with Crippen molar-refractivity contribution in [2.75, 3.05) is 26.2 Å². The summed E-state index contributed by atoms with van der Waals surface area (Å²) in [4.78, 5) is 20.8. The van der Waals surface area contributed by atoms with Crippen molar-refractivity contribution in [1.82, 2.24) is 14.8 Å². The van der Waals surface area contributed by atoms with Crippen LogP contribution >= 0.6 is 0 Å². The molecule has 0 N–H and O–H groups in total. The molecule has 0 bridgehead atoms. The second-order valence-electron chi connectivity index (χ2n) is 5.85. The molecule has 1 atom stereocenters. The largest absolute Gasteiger partial charge is 0.438 e. The number of nitrogens with zero attached hydrogens (tertiary/aromatic N) is 3. The second kappa shape index (κ2) is 6.39. The van der Waals surface area contributed by atoms with Crippen LogP contribution in [0.25, 0.3) is 0 Å². The molecule has 1 amide bonds. The van der Waals surface area contributed by atoms with Gasteiger partial charge in [-0.3, -0.25) is 4.79 Å². The first-order chi connectivity index (χ1) is 9.84. The zero-order chi connectivity index (χ0) is 13.8. The van der Waals surface area contributed by atoms with E-state index in [-0.39, 0.29) is 5.91 Å². The van der Waals surface area contributed by atoms with E-state index in [0.29, 0.717) is 11.8 Å². The number of carbonyl (C=O) groups is 1. The molecular weight excluding hydrogens is 254 g/mol. The average molecular weight is 277 g/mol. The van der Waals surface area contributed by atoms with Crippen LogP contribution in [0, 0.1) is 0 Å². The van der Waals surface area contributed by atoms with Gasteiger partial charge in [0.1, 0.15) is 0 Å². The van der Waals surface area contributed by atoms with Crippen molar-refractivity contribution in [2.45, 2.75) is 44.6 Å². The van der Waals surface area contributed by atoms with Gasteiger partial charge in [-0.2, -0.15) is 0 Å². The van der Waals surface area contributed by atoms with Crippen LogP contribution in [0.1, 0.15) is 49.1 Å². The fourth-order valence-corrected chi connectivity index (χ4v) is 3.37. The summed E-state index contributed by atoms with van der Waals surface area (Å²) in [7, 11) is 0. The van der Waals surface area contributed by atoms with Gasteiger partial charge in [0.15, 0.2) is 6.39 Å². The molecule has 1 aromatic heterocycles. The lowest BCUT2D eigenvalue weighted by Gasteiger charge is -2.36. The van der Waals surface area contributed by atoms with E-state index in [1.807, 2.05) is 4.90 Å². The van der Waals surface area contributed by atoms with Gasteiger partial charge in [0.25, 0.3) is 5.91 Å². The van der Waals surface area contributed by atoms with Gasteiger partial charge >= 0.3 is 0 Å². The van der Waals surface area contributed by atoms with E-state index in [1.54, 1.807) is 0 Å². The monoisotopic (exact) mass is 277 g/mol. The van der Waals surface area contributed by atoms with Gasteiger partial charge in [0.2, 0.25) is 5.76 Å². The highest BCUT2D eigenvalue weighted by Gasteiger charge is 2.29. The van der Waals surface area contributed by atoms with Crippen molar-refractivity contribution >= 4 is 5.91 Å². The van der Waals surface area contributed by atoms with Crippen molar-refractivity contribution in [3.05, 3.63) is 18.4 Å². The molecule has 5 nitrogen and oxygen atoms in total. The number of oxazole rings is 1. The third kappa shape index (κ3) is 3.03. The zero-order valence-corrected chi connectivity index (χ0v) is 12.0. The van der Waals surface area contributed by atoms with Crippen molar-refractivity contribution in [3.63, 3.8) is 0 Å². The molecule has 110 valence electrons. The summed E-state index contributed by atoms with van der Waals surface area (Å²) in [6.07, 6.45) is 10.0. The maximum absolute atomic E-state index is 12.4. The number of rotatable bonds is 4. The van der Waals surface area contributed by atoms with E-state index in [1.165, 1.54) is 44.9 Å². The molecule has 3 heterocycles. The van der Waals surface area contributed by atoms with Gasteiger partial charge in [0, 0.05) is 19.1 Å². The van der Waals surface area contributed by atoms with Crippen molar-refractivity contribution in [1.29, 1.82) is 0 Å². The molecule has 2 aliphatic heterocycles. The lowest BCUT2D eigenvalue weighted by atomic mass is 9.98. The Morgan fingerprint density at radius 3 is 2.80 bits per heavy atom. The van der Waals surface area contributed by atoms with Crippen LogP contribution in [-0.4, -0.2) is 52.9 Å². The molecule has 0 saturated carbocycles. The number of carbonyl (C=O) groups excluding carboxylic acids is 1. The van der Waals surface area contributed by atoms with Gasteiger partial charge in [-0.1, -0.05) is 0 Å². The minimum absolute atomic E-state index is 0.00798. The minimum Gasteiger partial charge on any atom is -0.438 e. The Labute approximate surface area is 119 Å². The molecule has 2 fully saturated rings. The topological polar surface area (TPSA) is 49.6 Å². The first-order valence-corrected chi connectivity index (χ1v) is 7.76. The van der Waals surface area contributed by atoms with Crippen LogP contribution in [0.5, 0.6) is 0 Å². The molecule has 0 spiro atoms. The lowest BCUT2D eigenvalue weighted by Crippen LogP contribution is -2.45. The first kappa shape index (κ1) is 13.6. The summed E-state index contributed by atoms with van der Waals surface area (Å²) in [5, 5.41) is 0. The fraction of sp³-hybridized carbons (Fsp3) is 0.733. The molecule has 2 aliphatic rings. The predicted octanol–water partition coefficient (Wildman–Crippen LogP) is 2.16. The van der Waals surface area contributed by atoms with E-state index in [2.05, 4.69) is 9.88 Å². The van der Waals surface area contributed by atoms with Gasteiger partial charge in [0.05, 0.1) is 6.20 Å². The summed E-state index contributed by atoms with van der Waals surface area (Å²) in [6.45, 7) is 4.42. The summed E-state index contributed by atoms with van der Waals surface area (Å²) in [5.74, 6) is 0.381. The van der Waals surface area contributed by atoms with E-state index in [9.17, 15) is 4.79 Å². The Kier molecular flexibility index (Phi) is 4.35. The van der Waals surface area contributed by atoms with Gasteiger partial charge in [-0.25, -0.2) is 4.98 Å². The summed E-state index contributed by atoms with van der Waals surface area (Å²) in [6, 6.07) is 0.363. The average Bonchev–Trinajstić information content (AvgIpc) is 3.18. The van der Waals surface area contributed by atoms with Gasteiger partial charge in [-0.05, 0) is 51.6 Å². The molecule has 1 aromatic rings. The van der Waals surface area contributed by atoms with Crippen LogP contribution in [0.4, 0.5) is 0 Å². The maximum atomic E-state index is 12.4. The molecule has 0 aliphatic carbocycles. The smallest absolute Gasteiger partial charge is 0.291 e. The molecule has 2 saturated heterocycles. The third-order valence-electron chi connectivity index (χ3n) is 4.51. The Bertz CT molecular complexity index is 426. The number of amides is 1. The molecular formula is C15H23N3O2. The quantitative estimate of drug-likeness (QED) is 0.846. The van der Waals surface area contributed by atoms with E-state index in [4.69, 9.17) is 4.42 Å².